The van der Waals surface area contributed by atoms with Gasteiger partial charge in [0.25, 0.3) is 5.91 Å². The van der Waals surface area contributed by atoms with Crippen LogP contribution in [0.1, 0.15) is 48.2 Å². The highest BCUT2D eigenvalue weighted by Gasteiger charge is 2.25. The maximum Gasteiger partial charge on any atom is 0.341 e. The Morgan fingerprint density at radius 3 is 2.48 bits per heavy atom. The van der Waals surface area contributed by atoms with E-state index in [1.807, 2.05) is 45.0 Å². The van der Waals surface area contributed by atoms with E-state index in [4.69, 9.17) is 14.0 Å². The molecule has 0 saturated heterocycles. The largest absolute Gasteiger partial charge is 0.489 e. The van der Waals surface area contributed by atoms with Gasteiger partial charge in [-0.2, -0.15) is 0 Å². The van der Waals surface area contributed by atoms with Gasteiger partial charge in [-0.15, -0.1) is 11.3 Å². The first kappa shape index (κ1) is 20.6. The Bertz CT molecular complexity index is 1050. The number of benzene rings is 1. The first-order valence-electron chi connectivity index (χ1n) is 8.96. The molecular weight excluding hydrogens is 392 g/mol. The highest BCUT2D eigenvalue weighted by atomic mass is 32.1. The normalized spacial score (nSPS) is 10.7. The van der Waals surface area contributed by atoms with Gasteiger partial charge in [-0.05, 0) is 45.4 Å². The third-order valence-electron chi connectivity index (χ3n) is 4.61. The number of amides is 1. The zero-order valence-electron chi connectivity index (χ0n) is 16.9. The molecule has 3 rings (SSSR count). The highest BCUT2D eigenvalue weighted by Crippen LogP contribution is 2.33. The molecule has 29 heavy (non-hydrogen) atoms. The number of aromatic nitrogens is 1. The number of rotatable bonds is 6. The van der Waals surface area contributed by atoms with Gasteiger partial charge in [-0.1, -0.05) is 22.9 Å². The first-order valence-corrected chi connectivity index (χ1v) is 9.77. The summed E-state index contributed by atoms with van der Waals surface area (Å²) in [5.74, 6) is 0.200. The van der Waals surface area contributed by atoms with Crippen LogP contribution in [0.4, 0.5) is 5.00 Å². The van der Waals surface area contributed by atoms with Crippen molar-refractivity contribution in [3.63, 3.8) is 0 Å². The molecule has 2 aromatic heterocycles. The molecule has 1 aromatic carbocycles. The molecule has 3 aromatic rings. The zero-order valence-corrected chi connectivity index (χ0v) is 17.7. The van der Waals surface area contributed by atoms with Gasteiger partial charge in [0.2, 0.25) is 0 Å². The molecule has 0 saturated carbocycles. The molecule has 0 aliphatic carbocycles. The van der Waals surface area contributed by atoms with Crippen molar-refractivity contribution in [1.29, 1.82) is 0 Å². The molecule has 152 valence electrons. The summed E-state index contributed by atoms with van der Waals surface area (Å²) in [6.45, 7) is 7.54. The van der Waals surface area contributed by atoms with Crippen LogP contribution in [0.2, 0.25) is 0 Å². The van der Waals surface area contributed by atoms with E-state index < -0.39 is 11.9 Å². The molecule has 1 amide bonds. The van der Waals surface area contributed by atoms with Crippen molar-refractivity contribution in [2.75, 3.05) is 12.4 Å². The van der Waals surface area contributed by atoms with Gasteiger partial charge in [0.1, 0.15) is 23.1 Å². The van der Waals surface area contributed by atoms with E-state index in [0.29, 0.717) is 27.6 Å². The van der Waals surface area contributed by atoms with Crippen LogP contribution in [-0.2, 0) is 11.3 Å². The predicted molar refractivity (Wildman–Crippen MR) is 110 cm³/mol. The average molecular weight is 414 g/mol. The number of aryl methyl sites for hydroxylation is 3. The van der Waals surface area contributed by atoms with Crippen LogP contribution < -0.4 is 10.1 Å². The molecule has 0 aliphatic heterocycles. The smallest absolute Gasteiger partial charge is 0.341 e. The van der Waals surface area contributed by atoms with Gasteiger partial charge >= 0.3 is 5.97 Å². The lowest BCUT2D eigenvalue weighted by Crippen LogP contribution is -2.17. The second kappa shape index (κ2) is 8.48. The monoisotopic (exact) mass is 414 g/mol. The Hall–Kier alpha value is -3.13. The number of methoxy groups -OCH3 is 1. The van der Waals surface area contributed by atoms with E-state index in [-0.39, 0.29) is 12.3 Å². The number of thiophene rings is 1. The van der Waals surface area contributed by atoms with Gasteiger partial charge in [-0.25, -0.2) is 4.79 Å². The summed E-state index contributed by atoms with van der Waals surface area (Å²) in [4.78, 5) is 25.9. The average Bonchev–Trinajstić information content (AvgIpc) is 3.20. The van der Waals surface area contributed by atoms with E-state index in [9.17, 15) is 9.59 Å². The number of carbonyl (C=O) groups excluding carboxylic acids is 2. The van der Waals surface area contributed by atoms with Crippen LogP contribution in [0.5, 0.6) is 5.75 Å². The minimum absolute atomic E-state index is 0.120. The Kier molecular flexibility index (Phi) is 6.03. The summed E-state index contributed by atoms with van der Waals surface area (Å²) >= 11 is 1.31. The molecule has 0 atom stereocenters. The Morgan fingerprint density at radius 2 is 1.83 bits per heavy atom. The van der Waals surface area contributed by atoms with Gasteiger partial charge in [0.05, 0.1) is 18.2 Å². The fourth-order valence-electron chi connectivity index (χ4n) is 2.75. The van der Waals surface area contributed by atoms with E-state index in [1.54, 1.807) is 6.92 Å². The minimum atomic E-state index is -0.499. The van der Waals surface area contributed by atoms with Crippen molar-refractivity contribution >= 4 is 28.2 Å². The lowest BCUT2D eigenvalue weighted by Gasteiger charge is -2.08. The molecule has 0 aliphatic rings. The number of anilines is 1. The van der Waals surface area contributed by atoms with Crippen LogP contribution >= 0.6 is 11.3 Å². The van der Waals surface area contributed by atoms with E-state index in [1.165, 1.54) is 18.4 Å². The number of hydrogen-bond acceptors (Lipinski definition) is 7. The lowest BCUT2D eigenvalue weighted by molar-refractivity contribution is 0.0601. The molecule has 0 fully saturated rings. The third-order valence-corrected chi connectivity index (χ3v) is 5.73. The van der Waals surface area contributed by atoms with Gasteiger partial charge in [0, 0.05) is 4.88 Å². The second-order valence-corrected chi connectivity index (χ2v) is 7.83. The maximum absolute atomic E-state index is 12.9. The van der Waals surface area contributed by atoms with Gasteiger partial charge in [-0.3, -0.25) is 4.79 Å². The Balaban J connectivity index is 1.81. The highest BCUT2D eigenvalue weighted by molar-refractivity contribution is 7.16. The van der Waals surface area contributed by atoms with E-state index >= 15 is 0 Å². The standard InChI is InChI=1S/C21H22N2O5S/c1-11-6-8-15(9-7-11)27-10-16-13(3)28-23-18(16)19(24)22-20-17(21(25)26-5)12(2)14(4)29-20/h6-9H,10H2,1-5H3,(H,22,24). The Labute approximate surface area is 172 Å². The number of nitrogens with zero attached hydrogens (tertiary/aromatic N) is 1. The lowest BCUT2D eigenvalue weighted by atomic mass is 10.1. The van der Waals surface area contributed by atoms with Crippen molar-refractivity contribution in [1.82, 2.24) is 5.16 Å². The topological polar surface area (TPSA) is 90.7 Å². The van der Waals surface area contributed by atoms with Crippen LogP contribution in [0, 0.1) is 27.7 Å². The first-order chi connectivity index (χ1) is 13.8. The number of nitrogens with one attached hydrogen (secondary N) is 1. The van der Waals surface area contributed by atoms with Crippen molar-refractivity contribution in [3.8, 4) is 5.75 Å². The molecule has 1 N–H and O–H groups in total. The molecule has 8 heteroatoms. The summed E-state index contributed by atoms with van der Waals surface area (Å²) < 4.78 is 15.8. The van der Waals surface area contributed by atoms with Crippen LogP contribution in [0.15, 0.2) is 28.8 Å². The number of esters is 1. The molecule has 2 heterocycles. The maximum atomic E-state index is 12.9. The minimum Gasteiger partial charge on any atom is -0.489 e. The van der Waals surface area contributed by atoms with Crippen LogP contribution in [0.3, 0.4) is 0 Å². The predicted octanol–water partition coefficient (Wildman–Crippen LogP) is 4.59. The van der Waals surface area contributed by atoms with Crippen molar-refractivity contribution in [3.05, 3.63) is 62.9 Å². The molecule has 7 nitrogen and oxygen atoms in total. The fourth-order valence-corrected chi connectivity index (χ4v) is 3.80. The number of ether oxygens (including phenoxy) is 2. The van der Waals surface area contributed by atoms with Gasteiger partial charge < -0.3 is 19.3 Å². The fraction of sp³-hybridized carbons (Fsp3) is 0.286. The number of carbonyl (C=O) groups is 2. The van der Waals surface area contributed by atoms with Crippen LogP contribution in [0.25, 0.3) is 0 Å². The summed E-state index contributed by atoms with van der Waals surface area (Å²) in [6.07, 6.45) is 0. The van der Waals surface area contributed by atoms with Gasteiger partial charge in [0.15, 0.2) is 5.69 Å². The van der Waals surface area contributed by atoms with Crippen molar-refractivity contribution in [2.45, 2.75) is 34.3 Å². The summed E-state index contributed by atoms with van der Waals surface area (Å²) in [6, 6.07) is 7.61. The summed E-state index contributed by atoms with van der Waals surface area (Å²) in [5.41, 5.74) is 2.92. The van der Waals surface area contributed by atoms with Crippen molar-refractivity contribution < 1.29 is 23.6 Å². The molecule has 0 spiro atoms. The summed E-state index contributed by atoms with van der Waals surface area (Å²) in [7, 11) is 1.31. The Morgan fingerprint density at radius 1 is 1.14 bits per heavy atom. The molecule has 0 radical (unpaired) electrons. The summed E-state index contributed by atoms with van der Waals surface area (Å²) in [5, 5.41) is 7.07. The molecule has 0 bridgehead atoms. The molecule has 0 unspecified atom stereocenters. The third kappa shape index (κ3) is 4.32. The van der Waals surface area contributed by atoms with Crippen LogP contribution in [-0.4, -0.2) is 24.1 Å². The molecular formula is C21H22N2O5S. The second-order valence-electron chi connectivity index (χ2n) is 6.60. The quantitative estimate of drug-likeness (QED) is 0.594. The zero-order chi connectivity index (χ0) is 21.1. The van der Waals surface area contributed by atoms with E-state index in [2.05, 4.69) is 10.5 Å². The number of hydrogen-bond donors (Lipinski definition) is 1. The van der Waals surface area contributed by atoms with E-state index in [0.717, 1.165) is 16.0 Å². The van der Waals surface area contributed by atoms with Crippen molar-refractivity contribution in [2.24, 2.45) is 0 Å². The SMILES string of the molecule is COC(=O)c1c(NC(=O)c2noc(C)c2COc2ccc(C)cc2)sc(C)c1C.